The van der Waals surface area contributed by atoms with E-state index >= 15 is 0 Å². The molecule has 0 saturated carbocycles. The summed E-state index contributed by atoms with van der Waals surface area (Å²) in [5.74, 6) is 1.63. The molecule has 0 bridgehead atoms. The van der Waals surface area contributed by atoms with Crippen molar-refractivity contribution in [1.29, 1.82) is 0 Å². The molecule has 166 valence electrons. The number of hydrogen-bond acceptors (Lipinski definition) is 6. The second-order valence-corrected chi connectivity index (χ2v) is 7.97. The van der Waals surface area contributed by atoms with Crippen molar-refractivity contribution in [3.05, 3.63) is 48.0 Å². The minimum absolute atomic E-state index is 0.0563. The number of nitrogens with one attached hydrogen (secondary N) is 1. The Balaban J connectivity index is 1.64. The van der Waals surface area contributed by atoms with E-state index in [0.717, 1.165) is 36.8 Å². The summed E-state index contributed by atoms with van der Waals surface area (Å²) < 4.78 is 16.2. The van der Waals surface area contributed by atoms with Gasteiger partial charge in [0, 0.05) is 45.0 Å². The number of anilines is 2. The van der Waals surface area contributed by atoms with E-state index in [1.54, 1.807) is 21.3 Å². The second kappa shape index (κ2) is 9.47. The Morgan fingerprint density at radius 1 is 1.06 bits per heavy atom. The highest BCUT2D eigenvalue weighted by Crippen LogP contribution is 2.40. The predicted octanol–water partition coefficient (Wildman–Crippen LogP) is 2.33. The van der Waals surface area contributed by atoms with Gasteiger partial charge in [-0.3, -0.25) is 4.79 Å². The van der Waals surface area contributed by atoms with Gasteiger partial charge in [0.2, 0.25) is 5.91 Å². The molecule has 2 aromatic carbocycles. The van der Waals surface area contributed by atoms with Crippen LogP contribution in [-0.2, 0) is 16.0 Å². The van der Waals surface area contributed by atoms with Crippen LogP contribution in [0.25, 0.3) is 0 Å². The normalized spacial score (nSPS) is 20.0. The molecule has 31 heavy (non-hydrogen) atoms. The number of benzene rings is 2. The number of amides is 1. The monoisotopic (exact) mass is 425 g/mol. The van der Waals surface area contributed by atoms with Crippen LogP contribution in [0.5, 0.6) is 11.5 Å². The molecule has 0 spiro atoms. The van der Waals surface area contributed by atoms with Gasteiger partial charge in [-0.2, -0.15) is 0 Å². The van der Waals surface area contributed by atoms with Crippen LogP contribution in [0.15, 0.2) is 42.5 Å². The summed E-state index contributed by atoms with van der Waals surface area (Å²) in [5, 5.41) is 3.06. The van der Waals surface area contributed by atoms with Crippen LogP contribution in [0.4, 0.5) is 11.4 Å². The van der Waals surface area contributed by atoms with Gasteiger partial charge < -0.3 is 29.3 Å². The van der Waals surface area contributed by atoms with Crippen molar-refractivity contribution in [2.75, 3.05) is 63.9 Å². The summed E-state index contributed by atoms with van der Waals surface area (Å²) in [5.41, 5.74) is 3.43. The van der Waals surface area contributed by atoms with E-state index in [1.807, 2.05) is 24.3 Å². The molecule has 4 rings (SSSR count). The number of carbonyl (C=O) groups is 1. The summed E-state index contributed by atoms with van der Waals surface area (Å²) >= 11 is 0. The smallest absolute Gasteiger partial charge is 0.225 e. The molecule has 1 amide bonds. The fourth-order valence-corrected chi connectivity index (χ4v) is 4.72. The minimum atomic E-state index is -0.143. The van der Waals surface area contributed by atoms with Crippen molar-refractivity contribution in [2.45, 2.75) is 12.5 Å². The molecule has 0 aliphatic carbocycles. The van der Waals surface area contributed by atoms with Gasteiger partial charge in [0.1, 0.15) is 11.5 Å². The molecule has 7 heteroatoms. The fraction of sp³-hybridized carbons (Fsp3) is 0.458. The zero-order chi connectivity index (χ0) is 21.8. The van der Waals surface area contributed by atoms with Crippen molar-refractivity contribution >= 4 is 17.3 Å². The van der Waals surface area contributed by atoms with Gasteiger partial charge in [-0.25, -0.2) is 0 Å². The van der Waals surface area contributed by atoms with Crippen molar-refractivity contribution in [2.24, 2.45) is 5.92 Å². The maximum absolute atomic E-state index is 13.2. The summed E-state index contributed by atoms with van der Waals surface area (Å²) in [7, 11) is 5.03. The summed E-state index contributed by atoms with van der Waals surface area (Å²) in [6.07, 6.45) is 0.707. The Morgan fingerprint density at radius 3 is 2.68 bits per heavy atom. The topological polar surface area (TPSA) is 63.3 Å². The van der Waals surface area contributed by atoms with Gasteiger partial charge in [0.25, 0.3) is 0 Å². The van der Waals surface area contributed by atoms with E-state index in [1.165, 1.54) is 11.3 Å². The first-order valence-corrected chi connectivity index (χ1v) is 10.7. The van der Waals surface area contributed by atoms with Gasteiger partial charge in [-0.1, -0.05) is 18.2 Å². The summed E-state index contributed by atoms with van der Waals surface area (Å²) in [6, 6.07) is 14.3. The number of methoxy groups -OCH3 is 3. The molecule has 2 aromatic rings. The number of ether oxygens (including phenoxy) is 3. The van der Waals surface area contributed by atoms with Crippen molar-refractivity contribution < 1.29 is 19.0 Å². The molecule has 1 saturated heterocycles. The lowest BCUT2D eigenvalue weighted by molar-refractivity contribution is -0.126. The lowest BCUT2D eigenvalue weighted by Gasteiger charge is -2.49. The van der Waals surface area contributed by atoms with Crippen molar-refractivity contribution in [3.63, 3.8) is 0 Å². The Kier molecular flexibility index (Phi) is 6.51. The van der Waals surface area contributed by atoms with Crippen molar-refractivity contribution in [1.82, 2.24) is 5.32 Å². The van der Waals surface area contributed by atoms with Crippen LogP contribution in [0.3, 0.4) is 0 Å². The van der Waals surface area contributed by atoms with Crippen LogP contribution in [-0.4, -0.2) is 66.1 Å². The number of hydrogen-bond donors (Lipinski definition) is 1. The lowest BCUT2D eigenvalue weighted by atomic mass is 9.83. The zero-order valence-electron chi connectivity index (χ0n) is 18.5. The molecule has 7 nitrogen and oxygen atoms in total. The molecule has 0 radical (unpaired) electrons. The fourth-order valence-electron chi connectivity index (χ4n) is 4.72. The Hall–Kier alpha value is -2.93. The largest absolute Gasteiger partial charge is 0.497 e. The maximum Gasteiger partial charge on any atom is 0.225 e. The third-order valence-corrected chi connectivity index (χ3v) is 6.29. The van der Waals surface area contributed by atoms with Crippen LogP contribution < -0.4 is 24.6 Å². The maximum atomic E-state index is 13.2. The first kappa shape index (κ1) is 21.3. The van der Waals surface area contributed by atoms with Gasteiger partial charge >= 0.3 is 0 Å². The van der Waals surface area contributed by atoms with E-state index < -0.39 is 0 Å². The van der Waals surface area contributed by atoms with Crippen molar-refractivity contribution in [3.8, 4) is 11.5 Å². The molecular weight excluding hydrogens is 394 g/mol. The van der Waals surface area contributed by atoms with Crippen LogP contribution in [0, 0.1) is 5.92 Å². The van der Waals surface area contributed by atoms with E-state index in [-0.39, 0.29) is 17.9 Å². The molecule has 0 aromatic heterocycles. The Morgan fingerprint density at radius 2 is 1.90 bits per heavy atom. The molecule has 1 fully saturated rings. The third kappa shape index (κ3) is 4.28. The van der Waals surface area contributed by atoms with Gasteiger partial charge in [-0.05, 0) is 30.2 Å². The van der Waals surface area contributed by atoms with Crippen LogP contribution >= 0.6 is 0 Å². The highest BCUT2D eigenvalue weighted by atomic mass is 16.5. The van der Waals surface area contributed by atoms with E-state index in [2.05, 4.69) is 33.3 Å². The number of carbonyl (C=O) groups excluding carboxylic acids is 1. The number of piperazine rings is 1. The number of fused-ring (bicyclic) bond motifs is 3. The predicted molar refractivity (Wildman–Crippen MR) is 121 cm³/mol. The average Bonchev–Trinajstić information content (AvgIpc) is 2.82. The number of rotatable bonds is 7. The summed E-state index contributed by atoms with van der Waals surface area (Å²) in [4.78, 5) is 17.9. The Labute approximate surface area is 183 Å². The molecule has 2 heterocycles. The van der Waals surface area contributed by atoms with Crippen LogP contribution in [0.2, 0.25) is 0 Å². The second-order valence-electron chi connectivity index (χ2n) is 7.97. The highest BCUT2D eigenvalue weighted by Gasteiger charge is 2.42. The first-order chi connectivity index (χ1) is 15.2. The minimum Gasteiger partial charge on any atom is -0.497 e. The quantitative estimate of drug-likeness (QED) is 0.687. The van der Waals surface area contributed by atoms with E-state index in [9.17, 15) is 4.79 Å². The van der Waals surface area contributed by atoms with Gasteiger partial charge in [0.15, 0.2) is 0 Å². The molecule has 1 N–H and O–H groups in total. The molecular formula is C24H31N3O4. The number of para-hydroxylation sites is 2. The Bertz CT molecular complexity index is 919. The highest BCUT2D eigenvalue weighted by molar-refractivity contribution is 5.82. The third-order valence-electron chi connectivity index (χ3n) is 6.29. The molecule has 2 aliphatic heterocycles. The number of nitrogens with zero attached hydrogens (tertiary/aromatic N) is 2. The van der Waals surface area contributed by atoms with Gasteiger partial charge in [0.05, 0.1) is 38.5 Å². The van der Waals surface area contributed by atoms with E-state index in [4.69, 9.17) is 14.2 Å². The zero-order valence-corrected chi connectivity index (χ0v) is 18.5. The molecule has 2 aliphatic rings. The first-order valence-electron chi connectivity index (χ1n) is 10.7. The average molecular weight is 426 g/mol. The molecule has 0 unspecified atom stereocenters. The summed E-state index contributed by atoms with van der Waals surface area (Å²) in [6.45, 7) is 3.45. The van der Waals surface area contributed by atoms with Gasteiger partial charge in [-0.15, -0.1) is 0 Å². The lowest BCUT2D eigenvalue weighted by Crippen LogP contribution is -2.61. The van der Waals surface area contributed by atoms with Crippen LogP contribution in [0.1, 0.15) is 5.56 Å². The SMILES string of the molecule is COCCNC(=O)[C@H]1Cc2ccc(OC)cc2N2CCN(c3ccccc3OC)C[C@H]12. The molecule has 2 atom stereocenters. The standard InChI is InChI=1S/C24H31N3O4/c1-29-13-10-25-24(28)19-14-17-8-9-18(30-2)15-21(17)27-12-11-26(16-22(19)27)20-6-4-5-7-23(20)31-3/h4-9,15,19,22H,10-14,16H2,1-3H3,(H,25,28)/t19-,22+/m0/s1. The van der Waals surface area contributed by atoms with E-state index in [0.29, 0.717) is 19.6 Å².